The zero-order chi connectivity index (χ0) is 18.8. The van der Waals surface area contributed by atoms with Crippen LogP contribution in [0.3, 0.4) is 0 Å². The highest BCUT2D eigenvalue weighted by atomic mass is 35.5. The van der Waals surface area contributed by atoms with Crippen molar-refractivity contribution in [1.82, 2.24) is 20.5 Å². The molecule has 2 heterocycles. The summed E-state index contributed by atoms with van der Waals surface area (Å²) in [4.78, 5) is 30.3. The van der Waals surface area contributed by atoms with Crippen LogP contribution in [0.25, 0.3) is 11.3 Å². The summed E-state index contributed by atoms with van der Waals surface area (Å²) in [6.45, 7) is 4.77. The topological polar surface area (TPSA) is 100 Å². The number of aryl methyl sites for hydroxylation is 1. The molecule has 1 atom stereocenters. The molecule has 1 saturated heterocycles. The third-order valence-corrected chi connectivity index (χ3v) is 5.58. The molecule has 0 radical (unpaired) electrons. The van der Waals surface area contributed by atoms with E-state index in [9.17, 15) is 9.59 Å². The summed E-state index contributed by atoms with van der Waals surface area (Å²) in [6.07, 6.45) is 0. The van der Waals surface area contributed by atoms with Crippen molar-refractivity contribution in [3.63, 3.8) is 0 Å². The van der Waals surface area contributed by atoms with Crippen molar-refractivity contribution in [2.75, 3.05) is 13.1 Å². The monoisotopic (exact) mass is 393 g/mol. The van der Waals surface area contributed by atoms with Gasteiger partial charge in [-0.25, -0.2) is 14.6 Å². The van der Waals surface area contributed by atoms with E-state index in [0.717, 1.165) is 21.1 Å². The van der Waals surface area contributed by atoms with Crippen molar-refractivity contribution in [3.05, 3.63) is 39.2 Å². The van der Waals surface area contributed by atoms with Gasteiger partial charge in [-0.15, -0.1) is 11.3 Å². The van der Waals surface area contributed by atoms with Crippen molar-refractivity contribution in [2.24, 2.45) is 5.73 Å². The molecule has 1 aliphatic rings. The number of halogens is 1. The Bertz CT molecular complexity index is 817. The first-order valence-corrected chi connectivity index (χ1v) is 9.37. The van der Waals surface area contributed by atoms with Gasteiger partial charge < -0.3 is 21.3 Å². The van der Waals surface area contributed by atoms with Crippen LogP contribution in [-0.2, 0) is 0 Å². The van der Waals surface area contributed by atoms with E-state index in [-0.39, 0.29) is 18.1 Å². The average Bonchev–Trinajstić information content (AvgIpc) is 2.93. The van der Waals surface area contributed by atoms with Crippen LogP contribution >= 0.6 is 22.9 Å². The molecule has 1 aliphatic heterocycles. The number of hydrogen-bond donors (Lipinski definition) is 3. The summed E-state index contributed by atoms with van der Waals surface area (Å²) in [5, 5.41) is 7.22. The number of urea groups is 2. The first-order valence-electron chi connectivity index (χ1n) is 8.18. The van der Waals surface area contributed by atoms with Gasteiger partial charge >= 0.3 is 12.1 Å². The number of nitrogens with zero attached hydrogens (tertiary/aromatic N) is 2. The van der Waals surface area contributed by atoms with Crippen LogP contribution in [0.2, 0.25) is 5.02 Å². The second-order valence-corrected chi connectivity index (χ2v) is 7.91. The molecule has 3 rings (SSSR count). The number of amides is 4. The molecule has 0 spiro atoms. The largest absolute Gasteiger partial charge is 0.351 e. The molecule has 0 saturated carbocycles. The van der Waals surface area contributed by atoms with Crippen LogP contribution in [0.1, 0.15) is 22.9 Å². The van der Waals surface area contributed by atoms with E-state index in [1.54, 1.807) is 11.3 Å². The van der Waals surface area contributed by atoms with Gasteiger partial charge in [-0.05, 0) is 26.0 Å². The van der Waals surface area contributed by atoms with Crippen LogP contribution in [0, 0.1) is 6.92 Å². The lowest BCUT2D eigenvalue weighted by atomic mass is 10.1. The Morgan fingerprint density at radius 1 is 1.35 bits per heavy atom. The van der Waals surface area contributed by atoms with E-state index >= 15 is 0 Å². The number of hydrogen-bond acceptors (Lipinski definition) is 4. The van der Waals surface area contributed by atoms with Crippen LogP contribution < -0.4 is 16.4 Å². The minimum Gasteiger partial charge on any atom is -0.351 e. The summed E-state index contributed by atoms with van der Waals surface area (Å²) in [7, 11) is 0. The van der Waals surface area contributed by atoms with E-state index in [1.165, 1.54) is 4.90 Å². The van der Waals surface area contributed by atoms with Crippen molar-refractivity contribution in [1.29, 1.82) is 0 Å². The van der Waals surface area contributed by atoms with Gasteiger partial charge in [-0.1, -0.05) is 23.7 Å². The summed E-state index contributed by atoms with van der Waals surface area (Å²) in [5.74, 6) is 0. The molecule has 7 nitrogen and oxygen atoms in total. The lowest BCUT2D eigenvalue weighted by Gasteiger charge is -2.38. The minimum atomic E-state index is -0.468. The van der Waals surface area contributed by atoms with E-state index in [0.29, 0.717) is 18.1 Å². The minimum absolute atomic E-state index is 0.0719. The Morgan fingerprint density at radius 2 is 2.00 bits per heavy atom. The zero-order valence-corrected chi connectivity index (χ0v) is 16.0. The number of likely N-dealkylation sites (tertiary alicyclic amines) is 1. The third kappa shape index (κ3) is 4.08. The van der Waals surface area contributed by atoms with E-state index in [2.05, 4.69) is 15.6 Å². The van der Waals surface area contributed by atoms with Crippen LogP contribution in [0.4, 0.5) is 9.59 Å². The summed E-state index contributed by atoms with van der Waals surface area (Å²) < 4.78 is 0. The lowest BCUT2D eigenvalue weighted by Crippen LogP contribution is -2.63. The molecule has 2 aromatic rings. The lowest BCUT2D eigenvalue weighted by molar-refractivity contribution is 0.146. The van der Waals surface area contributed by atoms with E-state index in [4.69, 9.17) is 17.3 Å². The number of aromatic nitrogens is 1. The normalized spacial score (nSPS) is 15.3. The number of thiazole rings is 1. The number of rotatable bonds is 4. The average molecular weight is 394 g/mol. The molecular weight excluding hydrogens is 374 g/mol. The maximum absolute atomic E-state index is 12.1. The number of primary amides is 1. The number of nitrogens with one attached hydrogen (secondary N) is 2. The molecule has 9 heteroatoms. The van der Waals surface area contributed by atoms with Gasteiger partial charge in [-0.2, -0.15) is 0 Å². The van der Waals surface area contributed by atoms with Crippen molar-refractivity contribution >= 4 is 35.0 Å². The molecule has 4 amide bonds. The van der Waals surface area contributed by atoms with Gasteiger partial charge in [-0.3, -0.25) is 0 Å². The summed E-state index contributed by atoms with van der Waals surface area (Å²) in [6, 6.07) is 6.47. The van der Waals surface area contributed by atoms with Gasteiger partial charge in [0.2, 0.25) is 0 Å². The quantitative estimate of drug-likeness (QED) is 0.744. The van der Waals surface area contributed by atoms with Crippen LogP contribution in [-0.4, -0.2) is 41.1 Å². The molecule has 0 bridgehead atoms. The Morgan fingerprint density at radius 3 is 2.62 bits per heavy atom. The molecule has 4 N–H and O–H groups in total. The molecule has 1 aromatic heterocycles. The fourth-order valence-electron chi connectivity index (χ4n) is 2.71. The Balaban J connectivity index is 1.59. The molecule has 1 fully saturated rings. The van der Waals surface area contributed by atoms with Gasteiger partial charge in [0.05, 0.1) is 17.8 Å². The summed E-state index contributed by atoms with van der Waals surface area (Å²) in [5.41, 5.74) is 7.05. The zero-order valence-electron chi connectivity index (χ0n) is 14.5. The number of nitrogens with two attached hydrogens (primary N) is 1. The molecule has 1 aromatic carbocycles. The maximum atomic E-state index is 12.1. The Hall–Kier alpha value is -2.32. The summed E-state index contributed by atoms with van der Waals surface area (Å²) >= 11 is 7.49. The predicted molar refractivity (Wildman–Crippen MR) is 102 cm³/mol. The smallest absolute Gasteiger partial charge is 0.315 e. The van der Waals surface area contributed by atoms with E-state index in [1.807, 2.05) is 38.1 Å². The first-order chi connectivity index (χ1) is 12.3. The van der Waals surface area contributed by atoms with Crippen LogP contribution in [0.15, 0.2) is 24.3 Å². The van der Waals surface area contributed by atoms with Crippen LogP contribution in [0.5, 0.6) is 0 Å². The van der Waals surface area contributed by atoms with Gasteiger partial charge in [0.1, 0.15) is 5.01 Å². The number of carbonyl (C=O) groups excluding carboxylic acids is 2. The third-order valence-electron chi connectivity index (χ3n) is 4.18. The first kappa shape index (κ1) is 18.5. The van der Waals surface area contributed by atoms with Crippen molar-refractivity contribution < 1.29 is 9.59 Å². The second-order valence-electron chi connectivity index (χ2n) is 6.24. The predicted octanol–water partition coefficient (Wildman–Crippen LogP) is 2.90. The fourth-order valence-corrected chi connectivity index (χ4v) is 3.79. The SMILES string of the molecule is Cc1sc(C(C)NC(=O)NC2CN(C(N)=O)C2)nc1-c1ccc(Cl)cc1. The van der Waals surface area contributed by atoms with Gasteiger partial charge in [0, 0.05) is 28.6 Å². The van der Waals surface area contributed by atoms with Gasteiger partial charge in [0.25, 0.3) is 0 Å². The fraction of sp³-hybridized carbons (Fsp3) is 0.353. The standard InChI is InChI=1S/C17H20ClN5O2S/c1-9(20-17(25)21-13-7-23(8-13)16(19)24)15-22-14(10(2)26-15)11-3-5-12(18)6-4-11/h3-6,9,13H,7-8H2,1-2H3,(H2,19,24)(H2,20,21,25). The maximum Gasteiger partial charge on any atom is 0.315 e. The van der Waals surface area contributed by atoms with E-state index < -0.39 is 6.03 Å². The second kappa shape index (κ2) is 7.51. The van der Waals surface area contributed by atoms with Crippen molar-refractivity contribution in [2.45, 2.75) is 25.9 Å². The number of benzene rings is 1. The highest BCUT2D eigenvalue weighted by Crippen LogP contribution is 2.31. The Labute approximate surface area is 160 Å². The molecular formula is C17H20ClN5O2S. The highest BCUT2D eigenvalue weighted by Gasteiger charge is 2.30. The molecule has 26 heavy (non-hydrogen) atoms. The number of carbonyl (C=O) groups is 2. The van der Waals surface area contributed by atoms with Gasteiger partial charge in [0.15, 0.2) is 0 Å². The van der Waals surface area contributed by atoms with Crippen molar-refractivity contribution in [3.8, 4) is 11.3 Å². The molecule has 0 aliphatic carbocycles. The molecule has 138 valence electrons. The molecule has 1 unspecified atom stereocenters. The highest BCUT2D eigenvalue weighted by molar-refractivity contribution is 7.12. The Kier molecular flexibility index (Phi) is 5.33.